The number of aryl methyl sites for hydroxylation is 2. The molecule has 0 radical (unpaired) electrons. The number of para-hydroxylation sites is 2. The van der Waals surface area contributed by atoms with Crippen LogP contribution in [0.4, 0.5) is 5.69 Å². The van der Waals surface area contributed by atoms with Gasteiger partial charge in [0.25, 0.3) is 0 Å². The van der Waals surface area contributed by atoms with Gasteiger partial charge in [-0.1, -0.05) is 36.4 Å². The SMILES string of the molecule is c1cc2c(c(Cc3cccc4c3OCCC4)c1)NCCC2. The highest BCUT2D eigenvalue weighted by molar-refractivity contribution is 5.61. The summed E-state index contributed by atoms with van der Waals surface area (Å²) in [6.07, 6.45) is 5.67. The number of fused-ring (bicyclic) bond motifs is 2. The minimum atomic E-state index is 0.856. The van der Waals surface area contributed by atoms with Gasteiger partial charge < -0.3 is 10.1 Å². The zero-order valence-corrected chi connectivity index (χ0v) is 12.3. The number of ether oxygens (including phenoxy) is 1. The minimum Gasteiger partial charge on any atom is -0.493 e. The van der Waals surface area contributed by atoms with Gasteiger partial charge in [0, 0.05) is 18.7 Å². The highest BCUT2D eigenvalue weighted by Gasteiger charge is 2.17. The van der Waals surface area contributed by atoms with Crippen LogP contribution in [0.5, 0.6) is 5.75 Å². The monoisotopic (exact) mass is 279 g/mol. The molecule has 0 bridgehead atoms. The van der Waals surface area contributed by atoms with Crippen molar-refractivity contribution in [2.24, 2.45) is 0 Å². The van der Waals surface area contributed by atoms with Crippen LogP contribution in [0.2, 0.25) is 0 Å². The van der Waals surface area contributed by atoms with Crippen molar-refractivity contribution >= 4 is 5.69 Å². The van der Waals surface area contributed by atoms with Crippen LogP contribution < -0.4 is 10.1 Å². The van der Waals surface area contributed by atoms with Gasteiger partial charge in [0.05, 0.1) is 6.61 Å². The van der Waals surface area contributed by atoms with E-state index in [-0.39, 0.29) is 0 Å². The Bertz CT molecular complexity index is 605. The Balaban J connectivity index is 1.71. The largest absolute Gasteiger partial charge is 0.493 e. The summed E-state index contributed by atoms with van der Waals surface area (Å²) in [5, 5.41) is 3.59. The van der Waals surface area contributed by atoms with E-state index in [1.165, 1.54) is 40.8 Å². The zero-order chi connectivity index (χ0) is 14.1. The van der Waals surface area contributed by atoms with Crippen molar-refractivity contribution in [3.63, 3.8) is 0 Å². The fourth-order valence-electron chi connectivity index (χ4n) is 3.53. The molecule has 0 aliphatic carbocycles. The van der Waals surface area contributed by atoms with Crippen LogP contribution in [-0.4, -0.2) is 13.2 Å². The minimum absolute atomic E-state index is 0.856. The Morgan fingerprint density at radius 2 is 1.71 bits per heavy atom. The summed E-state index contributed by atoms with van der Waals surface area (Å²) in [4.78, 5) is 0. The highest BCUT2D eigenvalue weighted by Crippen LogP contribution is 2.33. The van der Waals surface area contributed by atoms with Gasteiger partial charge >= 0.3 is 0 Å². The van der Waals surface area contributed by atoms with Crippen molar-refractivity contribution in [2.75, 3.05) is 18.5 Å². The molecule has 2 aromatic rings. The number of hydrogen-bond acceptors (Lipinski definition) is 2. The molecule has 2 aromatic carbocycles. The van der Waals surface area contributed by atoms with Crippen LogP contribution >= 0.6 is 0 Å². The van der Waals surface area contributed by atoms with E-state index in [0.29, 0.717) is 0 Å². The maximum Gasteiger partial charge on any atom is 0.126 e. The lowest BCUT2D eigenvalue weighted by Crippen LogP contribution is -2.14. The van der Waals surface area contributed by atoms with Gasteiger partial charge in [0.2, 0.25) is 0 Å². The average Bonchev–Trinajstić information content (AvgIpc) is 2.56. The molecule has 0 saturated carbocycles. The van der Waals surface area contributed by atoms with E-state index in [9.17, 15) is 0 Å². The predicted molar refractivity (Wildman–Crippen MR) is 86.3 cm³/mol. The lowest BCUT2D eigenvalue weighted by Gasteiger charge is -2.23. The third kappa shape index (κ3) is 2.39. The van der Waals surface area contributed by atoms with Crippen LogP contribution in [0.3, 0.4) is 0 Å². The molecule has 0 amide bonds. The smallest absolute Gasteiger partial charge is 0.126 e. The summed E-state index contributed by atoms with van der Waals surface area (Å²) in [7, 11) is 0. The molecule has 2 aliphatic heterocycles. The Morgan fingerprint density at radius 3 is 2.67 bits per heavy atom. The number of rotatable bonds is 2. The van der Waals surface area contributed by atoms with E-state index in [1.54, 1.807) is 0 Å². The van der Waals surface area contributed by atoms with Gasteiger partial charge in [0.15, 0.2) is 0 Å². The lowest BCUT2D eigenvalue weighted by atomic mass is 9.93. The van der Waals surface area contributed by atoms with Gasteiger partial charge in [-0.2, -0.15) is 0 Å². The normalized spacial score (nSPS) is 16.4. The van der Waals surface area contributed by atoms with E-state index in [0.717, 1.165) is 38.2 Å². The molecule has 21 heavy (non-hydrogen) atoms. The van der Waals surface area contributed by atoms with Gasteiger partial charge in [-0.25, -0.2) is 0 Å². The van der Waals surface area contributed by atoms with E-state index >= 15 is 0 Å². The van der Waals surface area contributed by atoms with Crippen molar-refractivity contribution in [2.45, 2.75) is 32.1 Å². The van der Waals surface area contributed by atoms with E-state index in [1.807, 2.05) is 0 Å². The Morgan fingerprint density at radius 1 is 0.905 bits per heavy atom. The van der Waals surface area contributed by atoms with Gasteiger partial charge in [-0.15, -0.1) is 0 Å². The molecular weight excluding hydrogens is 258 g/mol. The second kappa shape index (κ2) is 5.44. The average molecular weight is 279 g/mol. The molecule has 108 valence electrons. The molecule has 0 spiro atoms. The molecule has 0 fully saturated rings. The number of hydrogen-bond donors (Lipinski definition) is 1. The van der Waals surface area contributed by atoms with Crippen LogP contribution in [-0.2, 0) is 19.3 Å². The summed E-state index contributed by atoms with van der Waals surface area (Å²) in [5.74, 6) is 1.14. The third-order valence-electron chi connectivity index (χ3n) is 4.56. The maximum absolute atomic E-state index is 5.95. The van der Waals surface area contributed by atoms with Gasteiger partial charge in [-0.05, 0) is 47.9 Å². The first kappa shape index (κ1) is 12.8. The summed E-state index contributed by atoms with van der Waals surface area (Å²) in [5.41, 5.74) is 6.92. The van der Waals surface area contributed by atoms with Crippen LogP contribution in [0.1, 0.15) is 35.1 Å². The van der Waals surface area contributed by atoms with Crippen LogP contribution in [0.25, 0.3) is 0 Å². The quantitative estimate of drug-likeness (QED) is 0.898. The van der Waals surface area contributed by atoms with Crippen LogP contribution in [0, 0.1) is 0 Å². The van der Waals surface area contributed by atoms with Crippen molar-refractivity contribution < 1.29 is 4.74 Å². The fourth-order valence-corrected chi connectivity index (χ4v) is 3.53. The van der Waals surface area contributed by atoms with Gasteiger partial charge in [-0.3, -0.25) is 0 Å². The molecule has 1 N–H and O–H groups in total. The molecule has 0 aromatic heterocycles. The zero-order valence-electron chi connectivity index (χ0n) is 12.3. The molecule has 2 heterocycles. The number of nitrogens with one attached hydrogen (secondary N) is 1. The summed E-state index contributed by atoms with van der Waals surface area (Å²) < 4.78 is 5.95. The van der Waals surface area contributed by atoms with E-state index in [2.05, 4.69) is 41.7 Å². The Labute approximate surface area is 126 Å². The second-order valence-corrected chi connectivity index (χ2v) is 6.02. The van der Waals surface area contributed by atoms with Crippen molar-refractivity contribution in [3.8, 4) is 5.75 Å². The molecule has 4 rings (SSSR count). The second-order valence-electron chi connectivity index (χ2n) is 6.02. The number of benzene rings is 2. The van der Waals surface area contributed by atoms with Crippen molar-refractivity contribution in [1.82, 2.24) is 0 Å². The Hall–Kier alpha value is -1.96. The number of anilines is 1. The first-order valence-electron chi connectivity index (χ1n) is 8.00. The topological polar surface area (TPSA) is 21.3 Å². The summed E-state index contributed by atoms with van der Waals surface area (Å²) >= 11 is 0. The third-order valence-corrected chi connectivity index (χ3v) is 4.56. The molecule has 2 heteroatoms. The molecule has 0 unspecified atom stereocenters. The molecular formula is C19H21NO. The maximum atomic E-state index is 5.95. The lowest BCUT2D eigenvalue weighted by molar-refractivity contribution is 0.285. The van der Waals surface area contributed by atoms with Gasteiger partial charge in [0.1, 0.15) is 5.75 Å². The van der Waals surface area contributed by atoms with E-state index in [4.69, 9.17) is 4.74 Å². The van der Waals surface area contributed by atoms with Crippen molar-refractivity contribution in [1.29, 1.82) is 0 Å². The fraction of sp³-hybridized carbons (Fsp3) is 0.368. The standard InChI is InChI=1S/C19H21NO/c1-5-14-9-3-11-20-18(14)16(7-1)13-17-8-2-6-15-10-4-12-21-19(15)17/h1-2,5-8,20H,3-4,9-13H2. The Kier molecular flexibility index (Phi) is 3.30. The summed E-state index contributed by atoms with van der Waals surface area (Å²) in [6, 6.07) is 13.3. The molecule has 2 nitrogen and oxygen atoms in total. The highest BCUT2D eigenvalue weighted by atomic mass is 16.5. The first-order chi connectivity index (χ1) is 10.4. The van der Waals surface area contributed by atoms with Crippen molar-refractivity contribution in [3.05, 3.63) is 58.7 Å². The first-order valence-corrected chi connectivity index (χ1v) is 8.00. The van der Waals surface area contributed by atoms with E-state index < -0.39 is 0 Å². The van der Waals surface area contributed by atoms with Crippen LogP contribution in [0.15, 0.2) is 36.4 Å². The molecule has 0 atom stereocenters. The summed E-state index contributed by atoms with van der Waals surface area (Å²) in [6.45, 7) is 1.95. The molecule has 0 saturated heterocycles. The molecule has 2 aliphatic rings. The predicted octanol–water partition coefficient (Wildman–Crippen LogP) is 3.96.